The van der Waals surface area contributed by atoms with Gasteiger partial charge in [-0.2, -0.15) is 0 Å². The number of hydrogen-bond donors (Lipinski definition) is 1. The van der Waals surface area contributed by atoms with Crippen molar-refractivity contribution >= 4 is 68.1 Å². The summed E-state index contributed by atoms with van der Waals surface area (Å²) in [5.41, 5.74) is 0. The molecule has 142 valence electrons. The Balaban J connectivity index is 0.00000156. The summed E-state index contributed by atoms with van der Waals surface area (Å²) in [4.78, 5) is 23.1. The second-order valence-corrected chi connectivity index (χ2v) is 8.25. The van der Waals surface area contributed by atoms with Crippen LogP contribution >= 0.6 is 47.5 Å². The van der Waals surface area contributed by atoms with Crippen molar-refractivity contribution in [3.63, 3.8) is 0 Å². The third kappa shape index (κ3) is 5.20. The van der Waals surface area contributed by atoms with Crippen LogP contribution in [0, 0.1) is 5.92 Å². The summed E-state index contributed by atoms with van der Waals surface area (Å²) < 4.78 is 1.11. The van der Waals surface area contributed by atoms with Gasteiger partial charge in [0.05, 0.1) is 9.58 Å². The molecule has 0 radical (unpaired) electrons. The topological polar surface area (TPSA) is 48.5 Å². The number of anilines is 1. The molecule has 0 atom stereocenters. The Bertz CT molecular complexity index is 649. The minimum absolute atomic E-state index is 0. The number of aromatic nitrogens is 1. The van der Waals surface area contributed by atoms with Crippen molar-refractivity contribution in [1.82, 2.24) is 15.2 Å². The zero-order valence-corrected chi connectivity index (χ0v) is 18.0. The van der Waals surface area contributed by atoms with Crippen molar-refractivity contribution in [3.8, 4) is 0 Å². The number of carbonyl (C=O) groups excluding carboxylic acids is 1. The van der Waals surface area contributed by atoms with Gasteiger partial charge in [0, 0.05) is 27.2 Å². The first-order valence-electron chi connectivity index (χ1n) is 8.16. The van der Waals surface area contributed by atoms with Crippen LogP contribution in [0.1, 0.15) is 29.4 Å². The van der Waals surface area contributed by atoms with E-state index in [-0.39, 0.29) is 30.7 Å². The van der Waals surface area contributed by atoms with E-state index in [9.17, 15) is 4.79 Å². The number of nitrogens with one attached hydrogen (secondary N) is 1. The lowest BCUT2D eigenvalue weighted by molar-refractivity contribution is 0.0695. The van der Waals surface area contributed by atoms with Crippen molar-refractivity contribution in [2.75, 3.05) is 45.2 Å². The number of thiophene rings is 1. The first-order valence-corrected chi connectivity index (χ1v) is 9.79. The summed E-state index contributed by atoms with van der Waals surface area (Å²) in [6.45, 7) is 5.97. The Morgan fingerprint density at radius 1 is 1.32 bits per heavy atom. The molecule has 0 saturated carbocycles. The van der Waals surface area contributed by atoms with Crippen LogP contribution in [0.4, 0.5) is 5.13 Å². The number of piperidine rings is 1. The van der Waals surface area contributed by atoms with Crippen molar-refractivity contribution in [2.24, 2.45) is 5.92 Å². The summed E-state index contributed by atoms with van der Waals surface area (Å²) in [6.07, 6.45) is 2.20. The van der Waals surface area contributed by atoms with Crippen LogP contribution < -0.4 is 10.2 Å². The van der Waals surface area contributed by atoms with Crippen LogP contribution in [0.5, 0.6) is 0 Å². The lowest BCUT2D eigenvalue weighted by Gasteiger charge is -2.31. The molecule has 2 aromatic heterocycles. The number of amides is 1. The Labute approximate surface area is 169 Å². The van der Waals surface area contributed by atoms with Crippen LogP contribution in [-0.2, 0) is 0 Å². The highest BCUT2D eigenvalue weighted by molar-refractivity contribution is 7.29. The molecule has 2 aromatic rings. The number of hydrogen-bond acceptors (Lipinski definition) is 6. The van der Waals surface area contributed by atoms with Gasteiger partial charge in [0.15, 0.2) is 5.13 Å². The Morgan fingerprint density at radius 2 is 2.00 bits per heavy atom. The van der Waals surface area contributed by atoms with Crippen molar-refractivity contribution in [2.45, 2.75) is 19.8 Å². The molecule has 3 rings (SSSR count). The number of likely N-dealkylation sites (tertiary alicyclic amines) is 1. The molecule has 1 aliphatic heterocycles. The van der Waals surface area contributed by atoms with Crippen LogP contribution in [0.25, 0.3) is 9.53 Å². The Kier molecular flexibility index (Phi) is 8.91. The molecule has 0 spiro atoms. The van der Waals surface area contributed by atoms with Crippen LogP contribution in [-0.4, -0.2) is 56.1 Å². The molecule has 1 fully saturated rings. The normalized spacial score (nSPS) is 14.9. The zero-order valence-electron chi connectivity index (χ0n) is 14.8. The second-order valence-electron chi connectivity index (χ2n) is 6.21. The molecule has 1 amide bonds. The number of rotatable bonds is 5. The predicted octanol–water partition coefficient (Wildman–Crippen LogP) is 3.73. The van der Waals surface area contributed by atoms with E-state index in [1.165, 1.54) is 11.3 Å². The monoisotopic (exact) mass is 424 g/mol. The molecule has 1 saturated heterocycles. The summed E-state index contributed by atoms with van der Waals surface area (Å²) in [7, 11) is 3.98. The number of fused-ring (bicyclic) bond motifs is 1. The van der Waals surface area contributed by atoms with Gasteiger partial charge >= 0.3 is 0 Å². The van der Waals surface area contributed by atoms with E-state index >= 15 is 0 Å². The van der Waals surface area contributed by atoms with E-state index in [2.05, 4.69) is 17.2 Å². The van der Waals surface area contributed by atoms with E-state index < -0.39 is 0 Å². The van der Waals surface area contributed by atoms with Gasteiger partial charge in [-0.15, -0.1) is 36.2 Å². The molecule has 5 nitrogen and oxygen atoms in total. The maximum atomic E-state index is 12.7. The number of thiazole rings is 1. The molecular weight excluding hydrogens is 399 g/mol. The fraction of sp³-hybridized carbons (Fsp3) is 0.625. The third-order valence-corrected chi connectivity index (χ3v) is 6.57. The van der Waals surface area contributed by atoms with Gasteiger partial charge in [-0.05, 0) is 37.9 Å². The largest absolute Gasteiger partial charge is 0.354 e. The molecule has 1 N–H and O–H groups in total. The average molecular weight is 425 g/mol. The quantitative estimate of drug-likeness (QED) is 0.793. The summed E-state index contributed by atoms with van der Waals surface area (Å²) in [6, 6.07) is 2.01. The number of carbonyl (C=O) groups is 1. The summed E-state index contributed by atoms with van der Waals surface area (Å²) in [5, 5.41) is 4.40. The minimum Gasteiger partial charge on any atom is -0.354 e. The van der Waals surface area contributed by atoms with Crippen molar-refractivity contribution in [3.05, 3.63) is 10.9 Å². The summed E-state index contributed by atoms with van der Waals surface area (Å²) in [5.74, 6) is 0.878. The van der Waals surface area contributed by atoms with E-state index in [0.717, 1.165) is 58.6 Å². The first-order chi connectivity index (χ1) is 11.1. The fourth-order valence-electron chi connectivity index (χ4n) is 2.86. The molecule has 0 aromatic carbocycles. The fourth-order valence-corrected chi connectivity index (χ4v) is 4.97. The van der Waals surface area contributed by atoms with Gasteiger partial charge in [-0.3, -0.25) is 4.79 Å². The van der Waals surface area contributed by atoms with Gasteiger partial charge in [-0.1, -0.05) is 18.3 Å². The molecule has 25 heavy (non-hydrogen) atoms. The molecular formula is C16H26Cl2N4OS2. The van der Waals surface area contributed by atoms with E-state index in [1.807, 2.05) is 30.0 Å². The first kappa shape index (κ1) is 22.4. The van der Waals surface area contributed by atoms with Crippen molar-refractivity contribution in [1.29, 1.82) is 0 Å². The van der Waals surface area contributed by atoms with Gasteiger partial charge < -0.3 is 15.1 Å². The average Bonchev–Trinajstić information content (AvgIpc) is 3.11. The smallest absolute Gasteiger partial charge is 0.264 e. The van der Waals surface area contributed by atoms with E-state index in [4.69, 9.17) is 0 Å². The highest BCUT2D eigenvalue weighted by Gasteiger charge is 2.25. The highest BCUT2D eigenvalue weighted by Crippen LogP contribution is 2.34. The number of halogens is 2. The lowest BCUT2D eigenvalue weighted by atomic mass is 9.96. The zero-order chi connectivity index (χ0) is 16.4. The maximum Gasteiger partial charge on any atom is 0.264 e. The van der Waals surface area contributed by atoms with Crippen LogP contribution in [0.2, 0.25) is 0 Å². The molecule has 0 unspecified atom stereocenters. The molecule has 1 aliphatic rings. The van der Waals surface area contributed by atoms with Gasteiger partial charge in [-0.25, -0.2) is 4.98 Å². The predicted molar refractivity (Wildman–Crippen MR) is 113 cm³/mol. The summed E-state index contributed by atoms with van der Waals surface area (Å²) >= 11 is 3.17. The van der Waals surface area contributed by atoms with Crippen molar-refractivity contribution < 1.29 is 4.79 Å². The van der Waals surface area contributed by atoms with Crippen LogP contribution in [0.3, 0.4) is 0 Å². The highest BCUT2D eigenvalue weighted by atomic mass is 35.5. The Morgan fingerprint density at radius 3 is 2.56 bits per heavy atom. The Hall–Kier alpha value is -0.600. The van der Waals surface area contributed by atoms with E-state index in [0.29, 0.717) is 5.92 Å². The third-order valence-electron chi connectivity index (χ3n) is 4.26. The molecule has 3 heterocycles. The maximum absolute atomic E-state index is 12.7. The molecule has 0 bridgehead atoms. The molecule has 9 heteroatoms. The number of nitrogens with zero attached hydrogens (tertiary/aromatic N) is 3. The van der Waals surface area contributed by atoms with Crippen LogP contribution in [0.15, 0.2) is 6.07 Å². The van der Waals surface area contributed by atoms with E-state index in [1.54, 1.807) is 11.3 Å². The lowest BCUT2D eigenvalue weighted by Crippen LogP contribution is -2.40. The SMILES string of the molecule is CCNCC1CCN(C(=O)c2cc3sc(N(C)C)nc3s2)CC1.Cl.Cl. The molecule has 0 aliphatic carbocycles. The van der Waals surface area contributed by atoms with Gasteiger partial charge in [0.1, 0.15) is 4.83 Å². The second kappa shape index (κ2) is 9.92. The van der Waals surface area contributed by atoms with Gasteiger partial charge in [0.2, 0.25) is 0 Å². The standard InChI is InChI=1S/C16H24N4OS2.2ClH/c1-4-17-10-11-5-7-20(8-6-11)15(21)13-9-12-14(22-13)18-16(23-12)19(2)3;;/h9,11,17H,4-8,10H2,1-3H3;2*1H. The minimum atomic E-state index is 0. The van der Waals surface area contributed by atoms with Gasteiger partial charge in [0.25, 0.3) is 5.91 Å².